The van der Waals surface area contributed by atoms with Gasteiger partial charge in [-0.1, -0.05) is 0 Å². The van der Waals surface area contributed by atoms with E-state index in [0.717, 1.165) is 22.8 Å². The highest BCUT2D eigenvalue weighted by molar-refractivity contribution is 5.67. The van der Waals surface area contributed by atoms with Gasteiger partial charge in [-0.05, 0) is 57.2 Å². The highest BCUT2D eigenvalue weighted by Crippen LogP contribution is 2.30. The van der Waals surface area contributed by atoms with Gasteiger partial charge in [0, 0.05) is 29.4 Å². The monoisotopic (exact) mass is 361 g/mol. The molecule has 0 aliphatic carbocycles. The van der Waals surface area contributed by atoms with E-state index >= 15 is 0 Å². The average molecular weight is 361 g/mol. The van der Waals surface area contributed by atoms with Gasteiger partial charge >= 0.3 is 0 Å². The van der Waals surface area contributed by atoms with Gasteiger partial charge in [0.05, 0.1) is 27.8 Å². The molecular weight excluding hydrogens is 342 g/mol. The minimum Gasteiger partial charge on any atom is -0.340 e. The highest BCUT2D eigenvalue weighted by atomic mass is 16.6. The minimum atomic E-state index is -0.421. The molecule has 0 saturated heterocycles. The number of rotatable bonds is 4. The second kappa shape index (κ2) is 6.92. The Kier molecular flexibility index (Phi) is 4.65. The first kappa shape index (κ1) is 18.1. The molecule has 1 aromatic heterocycles. The third-order valence-corrected chi connectivity index (χ3v) is 4.01. The largest absolute Gasteiger partial charge is 0.340 e. The number of nitrogens with one attached hydrogen (secondary N) is 1. The third-order valence-electron chi connectivity index (χ3n) is 4.01. The smallest absolute Gasteiger partial charge is 0.269 e. The number of anilines is 2. The summed E-state index contributed by atoms with van der Waals surface area (Å²) < 4.78 is 1.88. The Balaban J connectivity index is 1.97. The predicted octanol–water partition coefficient (Wildman–Crippen LogP) is 4.83. The molecule has 3 aromatic rings. The van der Waals surface area contributed by atoms with Crippen molar-refractivity contribution >= 4 is 17.2 Å². The van der Waals surface area contributed by atoms with E-state index in [1.54, 1.807) is 24.3 Å². The lowest BCUT2D eigenvalue weighted by atomic mass is 10.1. The number of non-ortho nitro benzene ring substituents is 1. The zero-order chi connectivity index (χ0) is 19.6. The van der Waals surface area contributed by atoms with Crippen molar-refractivity contribution in [3.05, 3.63) is 70.3 Å². The maximum Gasteiger partial charge on any atom is 0.269 e. The second-order valence-corrected chi connectivity index (χ2v) is 7.12. The molecule has 7 heteroatoms. The SMILES string of the molecule is CC(C)(C)n1nc(-c2ccc([N+](=O)[O-])cc2)cc1Nc1ccc(C#N)cc1. The molecule has 0 radical (unpaired) electrons. The van der Waals surface area contributed by atoms with Crippen LogP contribution in [0.5, 0.6) is 0 Å². The van der Waals surface area contributed by atoms with Gasteiger partial charge in [0.1, 0.15) is 5.82 Å². The topological polar surface area (TPSA) is 96.8 Å². The summed E-state index contributed by atoms with van der Waals surface area (Å²) in [6.07, 6.45) is 0. The summed E-state index contributed by atoms with van der Waals surface area (Å²) in [5.41, 5.74) is 2.73. The molecule has 3 rings (SSSR count). The molecule has 0 bridgehead atoms. The summed E-state index contributed by atoms with van der Waals surface area (Å²) in [7, 11) is 0. The second-order valence-electron chi connectivity index (χ2n) is 7.12. The van der Waals surface area contributed by atoms with Gasteiger partial charge in [-0.25, -0.2) is 4.68 Å². The Morgan fingerprint density at radius 3 is 2.26 bits per heavy atom. The number of hydrogen-bond donors (Lipinski definition) is 1. The van der Waals surface area contributed by atoms with Crippen LogP contribution in [0.3, 0.4) is 0 Å². The van der Waals surface area contributed by atoms with Crippen molar-refractivity contribution in [1.82, 2.24) is 9.78 Å². The first-order chi connectivity index (χ1) is 12.8. The zero-order valence-electron chi connectivity index (χ0n) is 15.3. The van der Waals surface area contributed by atoms with Gasteiger partial charge in [-0.15, -0.1) is 0 Å². The van der Waals surface area contributed by atoms with Crippen molar-refractivity contribution in [3.8, 4) is 17.3 Å². The number of aromatic nitrogens is 2. The lowest BCUT2D eigenvalue weighted by Crippen LogP contribution is -2.24. The number of nitrogens with zero attached hydrogens (tertiary/aromatic N) is 4. The summed E-state index contributed by atoms with van der Waals surface area (Å²) >= 11 is 0. The maximum atomic E-state index is 10.8. The molecule has 0 unspecified atom stereocenters. The fraction of sp³-hybridized carbons (Fsp3) is 0.200. The van der Waals surface area contributed by atoms with Crippen molar-refractivity contribution in [2.24, 2.45) is 0 Å². The Labute approximate surface area is 157 Å². The van der Waals surface area contributed by atoms with E-state index in [9.17, 15) is 10.1 Å². The summed E-state index contributed by atoms with van der Waals surface area (Å²) in [5, 5.41) is 27.8. The molecule has 27 heavy (non-hydrogen) atoms. The van der Waals surface area contributed by atoms with Crippen LogP contribution >= 0.6 is 0 Å². The normalized spacial score (nSPS) is 11.0. The van der Waals surface area contributed by atoms with E-state index in [4.69, 9.17) is 5.26 Å². The van der Waals surface area contributed by atoms with Crippen LogP contribution in [0.15, 0.2) is 54.6 Å². The number of benzene rings is 2. The third kappa shape index (κ3) is 3.96. The zero-order valence-corrected chi connectivity index (χ0v) is 15.3. The van der Waals surface area contributed by atoms with Crippen LogP contribution in [-0.4, -0.2) is 14.7 Å². The molecule has 136 valence electrons. The highest BCUT2D eigenvalue weighted by Gasteiger charge is 2.20. The minimum absolute atomic E-state index is 0.0462. The van der Waals surface area contributed by atoms with Crippen LogP contribution in [-0.2, 0) is 5.54 Å². The first-order valence-electron chi connectivity index (χ1n) is 8.40. The summed E-state index contributed by atoms with van der Waals surface area (Å²) in [6.45, 7) is 6.14. The molecular formula is C20H19N5O2. The number of nitro groups is 1. The molecule has 0 saturated carbocycles. The number of nitro benzene ring substituents is 1. The van der Waals surface area contributed by atoms with Crippen LogP contribution in [0.2, 0.25) is 0 Å². The van der Waals surface area contributed by atoms with Crippen molar-refractivity contribution in [2.75, 3.05) is 5.32 Å². The number of hydrogen-bond acceptors (Lipinski definition) is 5. The van der Waals surface area contributed by atoms with Gasteiger partial charge in [0.2, 0.25) is 0 Å². The van der Waals surface area contributed by atoms with E-state index < -0.39 is 4.92 Å². The lowest BCUT2D eigenvalue weighted by Gasteiger charge is -2.22. The van der Waals surface area contributed by atoms with Crippen molar-refractivity contribution in [2.45, 2.75) is 26.3 Å². The Morgan fingerprint density at radius 2 is 1.74 bits per heavy atom. The van der Waals surface area contributed by atoms with E-state index in [0.29, 0.717) is 5.56 Å². The van der Waals surface area contributed by atoms with Crippen LogP contribution in [0.1, 0.15) is 26.3 Å². The van der Waals surface area contributed by atoms with Crippen LogP contribution < -0.4 is 5.32 Å². The molecule has 2 aromatic carbocycles. The van der Waals surface area contributed by atoms with Gasteiger partial charge < -0.3 is 5.32 Å². The van der Waals surface area contributed by atoms with Crippen LogP contribution in [0.25, 0.3) is 11.3 Å². The van der Waals surface area contributed by atoms with E-state index in [1.807, 2.05) is 43.7 Å². The first-order valence-corrected chi connectivity index (χ1v) is 8.40. The Morgan fingerprint density at radius 1 is 1.11 bits per heavy atom. The standard InChI is InChI=1S/C20H19N5O2/c1-20(2,3)24-19(22-16-8-4-14(13-21)5-9-16)12-18(23-24)15-6-10-17(11-7-15)25(26)27/h4-12,22H,1-3H3. The molecule has 0 aliphatic rings. The van der Waals surface area contributed by atoms with Crippen molar-refractivity contribution in [1.29, 1.82) is 5.26 Å². The summed E-state index contributed by atoms with van der Waals surface area (Å²) in [6, 6.07) is 17.5. The summed E-state index contributed by atoms with van der Waals surface area (Å²) in [5.74, 6) is 0.792. The summed E-state index contributed by atoms with van der Waals surface area (Å²) in [4.78, 5) is 10.4. The Hall–Kier alpha value is -3.66. The molecule has 1 heterocycles. The molecule has 0 amide bonds. The maximum absolute atomic E-state index is 10.8. The average Bonchev–Trinajstić information content (AvgIpc) is 3.06. The van der Waals surface area contributed by atoms with Gasteiger partial charge in [-0.3, -0.25) is 10.1 Å². The van der Waals surface area contributed by atoms with E-state index in [1.165, 1.54) is 12.1 Å². The van der Waals surface area contributed by atoms with Crippen LogP contribution in [0.4, 0.5) is 17.2 Å². The van der Waals surface area contributed by atoms with E-state index in [-0.39, 0.29) is 11.2 Å². The van der Waals surface area contributed by atoms with Crippen molar-refractivity contribution in [3.63, 3.8) is 0 Å². The molecule has 7 nitrogen and oxygen atoms in total. The fourth-order valence-corrected chi connectivity index (χ4v) is 2.65. The molecule has 0 fully saturated rings. The van der Waals surface area contributed by atoms with Gasteiger partial charge in [0.25, 0.3) is 5.69 Å². The van der Waals surface area contributed by atoms with Gasteiger partial charge in [-0.2, -0.15) is 10.4 Å². The Bertz CT molecular complexity index is 1010. The fourth-order valence-electron chi connectivity index (χ4n) is 2.65. The molecule has 0 aliphatic heterocycles. The lowest BCUT2D eigenvalue weighted by molar-refractivity contribution is -0.384. The number of nitriles is 1. The predicted molar refractivity (Wildman–Crippen MR) is 104 cm³/mol. The molecule has 1 N–H and O–H groups in total. The van der Waals surface area contributed by atoms with Gasteiger partial charge in [0.15, 0.2) is 0 Å². The van der Waals surface area contributed by atoms with Crippen LogP contribution in [0, 0.1) is 21.4 Å². The quantitative estimate of drug-likeness (QED) is 0.530. The molecule has 0 spiro atoms. The van der Waals surface area contributed by atoms with Crippen molar-refractivity contribution < 1.29 is 4.92 Å². The molecule has 0 atom stereocenters. The van der Waals surface area contributed by atoms with E-state index in [2.05, 4.69) is 16.5 Å².